The molecule has 1 aromatic rings. The zero-order chi connectivity index (χ0) is 17.8. The summed E-state index contributed by atoms with van der Waals surface area (Å²) in [6, 6.07) is 1.95. The number of carbonyl (C=O) groups excluding carboxylic acids is 3. The lowest BCUT2D eigenvalue weighted by Crippen LogP contribution is -2.41. The molecule has 0 aliphatic heterocycles. The quantitative estimate of drug-likeness (QED) is 0.533. The van der Waals surface area contributed by atoms with Crippen LogP contribution in [0, 0.1) is 11.8 Å². The fourth-order valence-electron chi connectivity index (χ4n) is 3.02. The van der Waals surface area contributed by atoms with Gasteiger partial charge in [0.1, 0.15) is 0 Å². The molecule has 0 bridgehead atoms. The Labute approximate surface area is 151 Å². The molecule has 7 heteroatoms. The molecular formula is C18H25N3O3S. The van der Waals surface area contributed by atoms with E-state index >= 15 is 0 Å². The summed E-state index contributed by atoms with van der Waals surface area (Å²) < 4.78 is 0. The van der Waals surface area contributed by atoms with Crippen LogP contribution in [0.15, 0.2) is 6.07 Å². The average molecular weight is 363 g/mol. The van der Waals surface area contributed by atoms with Crippen LogP contribution in [0.25, 0.3) is 0 Å². The highest BCUT2D eigenvalue weighted by Crippen LogP contribution is 2.32. The third kappa shape index (κ3) is 5.04. The Balaban J connectivity index is 1.35. The molecular weight excluding hydrogens is 338 g/mol. The molecule has 1 aromatic heterocycles. The van der Waals surface area contributed by atoms with Crippen molar-refractivity contribution >= 4 is 29.1 Å². The standard InChI is InChI=1S/C18H25N3O3S/c1-11-4-7-14-13(9-11)10-15(25-14)18(24)21-20-16(22)3-2-8-19-17(23)12-5-6-12/h10-12H,2-9H2,1H3,(H,19,23)(H,20,22)(H,21,24). The highest BCUT2D eigenvalue weighted by atomic mass is 32.1. The number of thiophene rings is 1. The van der Waals surface area contributed by atoms with Crippen LogP contribution in [-0.2, 0) is 22.4 Å². The van der Waals surface area contributed by atoms with Crippen LogP contribution >= 0.6 is 11.3 Å². The molecule has 1 heterocycles. The predicted molar refractivity (Wildman–Crippen MR) is 96.1 cm³/mol. The van der Waals surface area contributed by atoms with Gasteiger partial charge in [-0.2, -0.15) is 0 Å². The lowest BCUT2D eigenvalue weighted by atomic mass is 9.90. The van der Waals surface area contributed by atoms with Gasteiger partial charge < -0.3 is 5.32 Å². The Bertz CT molecular complexity index is 667. The molecule has 0 aromatic carbocycles. The van der Waals surface area contributed by atoms with E-state index in [1.807, 2.05) is 6.07 Å². The normalized spacial score (nSPS) is 19.0. The minimum Gasteiger partial charge on any atom is -0.356 e. The van der Waals surface area contributed by atoms with E-state index in [1.54, 1.807) is 0 Å². The van der Waals surface area contributed by atoms with Gasteiger partial charge in [0.25, 0.3) is 5.91 Å². The van der Waals surface area contributed by atoms with Crippen molar-refractivity contribution in [3.63, 3.8) is 0 Å². The lowest BCUT2D eigenvalue weighted by molar-refractivity contribution is -0.123. The summed E-state index contributed by atoms with van der Waals surface area (Å²) in [7, 11) is 0. The van der Waals surface area contributed by atoms with Crippen LogP contribution < -0.4 is 16.2 Å². The molecule has 25 heavy (non-hydrogen) atoms. The third-order valence-corrected chi connectivity index (χ3v) is 5.93. The zero-order valence-electron chi connectivity index (χ0n) is 14.5. The third-order valence-electron chi connectivity index (χ3n) is 4.70. The molecule has 1 atom stereocenters. The summed E-state index contributed by atoms with van der Waals surface area (Å²) >= 11 is 1.52. The van der Waals surface area contributed by atoms with Crippen molar-refractivity contribution in [3.05, 3.63) is 21.4 Å². The summed E-state index contributed by atoms with van der Waals surface area (Å²) in [4.78, 5) is 37.3. The Hall–Kier alpha value is -1.89. The number of fused-ring (bicyclic) bond motifs is 1. The second-order valence-electron chi connectivity index (χ2n) is 7.08. The van der Waals surface area contributed by atoms with E-state index in [4.69, 9.17) is 0 Å². The maximum atomic E-state index is 12.2. The summed E-state index contributed by atoms with van der Waals surface area (Å²) in [6.45, 7) is 2.72. The van der Waals surface area contributed by atoms with E-state index in [1.165, 1.54) is 28.2 Å². The topological polar surface area (TPSA) is 87.3 Å². The van der Waals surface area contributed by atoms with Crippen LogP contribution in [-0.4, -0.2) is 24.3 Å². The first-order chi connectivity index (χ1) is 12.0. The van der Waals surface area contributed by atoms with Crippen molar-refractivity contribution in [1.29, 1.82) is 0 Å². The van der Waals surface area contributed by atoms with Crippen LogP contribution in [0.2, 0.25) is 0 Å². The van der Waals surface area contributed by atoms with Crippen molar-refractivity contribution in [2.45, 2.75) is 51.9 Å². The molecule has 1 saturated carbocycles. The molecule has 2 aliphatic carbocycles. The van der Waals surface area contributed by atoms with Gasteiger partial charge in [0.2, 0.25) is 11.8 Å². The highest BCUT2D eigenvalue weighted by molar-refractivity contribution is 7.14. The Morgan fingerprint density at radius 3 is 2.76 bits per heavy atom. The number of hydrogen-bond acceptors (Lipinski definition) is 4. The van der Waals surface area contributed by atoms with Crippen LogP contribution in [0.1, 0.15) is 59.1 Å². The summed E-state index contributed by atoms with van der Waals surface area (Å²) in [6.07, 6.45) is 6.01. The number of rotatable bonds is 6. The van der Waals surface area contributed by atoms with Crippen LogP contribution in [0.3, 0.4) is 0 Å². The molecule has 1 unspecified atom stereocenters. The lowest BCUT2D eigenvalue weighted by Gasteiger charge is -2.16. The van der Waals surface area contributed by atoms with Gasteiger partial charge in [0.05, 0.1) is 4.88 Å². The molecule has 3 N–H and O–H groups in total. The number of aryl methyl sites for hydroxylation is 1. The van der Waals surface area contributed by atoms with Crippen LogP contribution in [0.4, 0.5) is 0 Å². The molecule has 0 saturated heterocycles. The van der Waals surface area contributed by atoms with Gasteiger partial charge in [-0.1, -0.05) is 6.92 Å². The van der Waals surface area contributed by atoms with E-state index in [9.17, 15) is 14.4 Å². The smallest absolute Gasteiger partial charge is 0.279 e. The molecule has 0 radical (unpaired) electrons. The molecule has 3 amide bonds. The van der Waals surface area contributed by atoms with Crippen molar-refractivity contribution in [2.75, 3.05) is 6.54 Å². The SMILES string of the molecule is CC1CCc2sc(C(=O)NNC(=O)CCCNC(=O)C3CC3)cc2C1. The predicted octanol–water partition coefficient (Wildman–Crippen LogP) is 1.94. The summed E-state index contributed by atoms with van der Waals surface area (Å²) in [5, 5.41) is 2.82. The first kappa shape index (κ1) is 17.9. The van der Waals surface area contributed by atoms with Crippen molar-refractivity contribution in [3.8, 4) is 0 Å². The number of hydrogen-bond donors (Lipinski definition) is 3. The number of carbonyl (C=O) groups is 3. The summed E-state index contributed by atoms with van der Waals surface area (Å²) in [5.41, 5.74) is 6.20. The average Bonchev–Trinajstić information content (AvgIpc) is 3.36. The van der Waals surface area contributed by atoms with E-state index in [0.29, 0.717) is 23.8 Å². The zero-order valence-corrected chi connectivity index (χ0v) is 15.3. The molecule has 136 valence electrons. The molecule has 0 spiro atoms. The molecule has 2 aliphatic rings. The van der Waals surface area contributed by atoms with Gasteiger partial charge in [0.15, 0.2) is 0 Å². The van der Waals surface area contributed by atoms with E-state index < -0.39 is 0 Å². The van der Waals surface area contributed by atoms with Crippen molar-refractivity contribution < 1.29 is 14.4 Å². The second-order valence-corrected chi connectivity index (χ2v) is 8.21. The maximum absolute atomic E-state index is 12.2. The first-order valence-electron chi connectivity index (χ1n) is 9.01. The van der Waals surface area contributed by atoms with E-state index in [-0.39, 0.29) is 30.1 Å². The van der Waals surface area contributed by atoms with E-state index in [2.05, 4.69) is 23.1 Å². The molecule has 3 rings (SSSR count). The van der Waals surface area contributed by atoms with Gasteiger partial charge in [-0.15, -0.1) is 11.3 Å². The Kier molecular flexibility index (Phi) is 5.73. The van der Waals surface area contributed by atoms with Gasteiger partial charge in [-0.3, -0.25) is 25.2 Å². The van der Waals surface area contributed by atoms with Crippen molar-refractivity contribution in [2.24, 2.45) is 11.8 Å². The molecule has 1 fully saturated rings. The largest absolute Gasteiger partial charge is 0.356 e. The number of nitrogens with one attached hydrogen (secondary N) is 3. The minimum atomic E-state index is -0.262. The van der Waals surface area contributed by atoms with Crippen molar-refractivity contribution in [1.82, 2.24) is 16.2 Å². The first-order valence-corrected chi connectivity index (χ1v) is 9.83. The fourth-order valence-corrected chi connectivity index (χ4v) is 4.12. The molecule has 6 nitrogen and oxygen atoms in total. The fraction of sp³-hybridized carbons (Fsp3) is 0.611. The van der Waals surface area contributed by atoms with Gasteiger partial charge >= 0.3 is 0 Å². The van der Waals surface area contributed by atoms with Gasteiger partial charge in [-0.05, 0) is 56.1 Å². The highest BCUT2D eigenvalue weighted by Gasteiger charge is 2.29. The minimum absolute atomic E-state index is 0.0877. The van der Waals surface area contributed by atoms with E-state index in [0.717, 1.165) is 25.7 Å². The monoisotopic (exact) mass is 363 g/mol. The summed E-state index contributed by atoms with van der Waals surface area (Å²) in [5.74, 6) is 0.432. The Morgan fingerprint density at radius 1 is 1.20 bits per heavy atom. The number of amides is 3. The van der Waals surface area contributed by atoms with Gasteiger partial charge in [-0.25, -0.2) is 0 Å². The second kappa shape index (κ2) is 7.99. The Morgan fingerprint density at radius 2 is 2.00 bits per heavy atom. The number of hydrazine groups is 1. The van der Waals surface area contributed by atoms with Gasteiger partial charge in [0, 0.05) is 23.8 Å². The maximum Gasteiger partial charge on any atom is 0.279 e. The van der Waals surface area contributed by atoms with Crippen LogP contribution in [0.5, 0.6) is 0 Å².